The topological polar surface area (TPSA) is 0 Å². The summed E-state index contributed by atoms with van der Waals surface area (Å²) in [7, 11) is 0.623. The van der Waals surface area contributed by atoms with Crippen LogP contribution in [0.3, 0.4) is 0 Å². The van der Waals surface area contributed by atoms with E-state index in [-0.39, 0.29) is 15.8 Å². The monoisotopic (exact) mass is 410 g/mol. The summed E-state index contributed by atoms with van der Waals surface area (Å²) in [6.45, 7) is 0. The van der Waals surface area contributed by atoms with Crippen molar-refractivity contribution in [3.05, 3.63) is 121 Å². The van der Waals surface area contributed by atoms with Gasteiger partial charge in [0.05, 0.1) is 0 Å². The maximum Gasteiger partial charge on any atom is 0.131 e. The fourth-order valence-electron chi connectivity index (χ4n) is 3.63. The molecule has 3 heteroatoms. The minimum absolute atomic E-state index is 0.309. The van der Waals surface area contributed by atoms with Crippen LogP contribution >= 0.6 is 15.8 Å². The predicted octanol–water partition coefficient (Wildman–Crippen LogP) is 4.60. The highest BCUT2D eigenvalue weighted by Crippen LogP contribution is 2.36. The molecule has 0 atom stereocenters. The van der Waals surface area contributed by atoms with Gasteiger partial charge in [-0.3, -0.25) is 0 Å². The maximum absolute atomic E-state index is 2.30. The van der Waals surface area contributed by atoms with Crippen molar-refractivity contribution in [1.82, 2.24) is 0 Å². The van der Waals surface area contributed by atoms with Crippen molar-refractivity contribution in [2.24, 2.45) is 0 Å². The Morgan fingerprint density at radius 2 is 0.621 bits per heavy atom. The highest BCUT2D eigenvalue weighted by molar-refractivity contribution is 7.76. The third kappa shape index (κ3) is 5.45. The summed E-state index contributed by atoms with van der Waals surface area (Å²) in [5, 5.41) is 5.94. The molecule has 0 bridgehead atoms. The molecular weight excluding hydrogens is 385 g/mol. The Labute approximate surface area is 177 Å². The molecule has 0 heterocycles. The summed E-state index contributed by atoms with van der Waals surface area (Å²) in [6.07, 6.45) is 0. The molecule has 0 fully saturated rings. The first-order valence-electron chi connectivity index (χ1n) is 10.2. The molecule has 4 aromatic rings. The summed E-state index contributed by atoms with van der Waals surface area (Å²) in [5.41, 5.74) is 0. The second-order valence-electron chi connectivity index (χ2n) is 7.00. The van der Waals surface area contributed by atoms with Gasteiger partial charge >= 0.3 is 0 Å². The molecular formula is C26H25BP2. The highest BCUT2D eigenvalue weighted by Gasteiger charge is 2.17. The average molecular weight is 410 g/mol. The molecule has 0 saturated heterocycles. The van der Waals surface area contributed by atoms with Crippen LogP contribution in [0.15, 0.2) is 121 Å². The molecule has 0 spiro atoms. The lowest BCUT2D eigenvalue weighted by Gasteiger charge is -2.21. The van der Waals surface area contributed by atoms with Gasteiger partial charge in [-0.25, -0.2) is 0 Å². The molecule has 0 radical (unpaired) electrons. The molecule has 29 heavy (non-hydrogen) atoms. The van der Waals surface area contributed by atoms with Crippen LogP contribution in [-0.4, -0.2) is 19.4 Å². The summed E-state index contributed by atoms with van der Waals surface area (Å²) >= 11 is 0. The van der Waals surface area contributed by atoms with Crippen LogP contribution in [0.2, 0.25) is 0 Å². The van der Waals surface area contributed by atoms with E-state index < -0.39 is 0 Å². The lowest BCUT2D eigenvalue weighted by Crippen LogP contribution is -2.21. The Kier molecular flexibility index (Phi) is 7.31. The Bertz CT molecular complexity index is 814. The number of hydrogen-bond donors (Lipinski definition) is 0. The molecule has 0 aliphatic carbocycles. The fraction of sp³-hybridized carbons (Fsp3) is 0.0769. The molecule has 0 amide bonds. The smallest absolute Gasteiger partial charge is 0.0622 e. The van der Waals surface area contributed by atoms with Crippen molar-refractivity contribution in [3.8, 4) is 0 Å². The van der Waals surface area contributed by atoms with Gasteiger partial charge in [0.25, 0.3) is 0 Å². The second kappa shape index (κ2) is 10.5. The lowest BCUT2D eigenvalue weighted by molar-refractivity contribution is 1.73. The van der Waals surface area contributed by atoms with Crippen LogP contribution in [0, 0.1) is 0 Å². The average Bonchev–Trinajstić information content (AvgIpc) is 2.81. The minimum atomic E-state index is -0.309. The van der Waals surface area contributed by atoms with Crippen molar-refractivity contribution in [1.29, 1.82) is 0 Å². The van der Waals surface area contributed by atoms with Crippen LogP contribution in [0.4, 0.5) is 0 Å². The Hall–Kier alpha value is -2.20. The molecule has 0 aliphatic heterocycles. The predicted molar refractivity (Wildman–Crippen MR) is 135 cm³/mol. The van der Waals surface area contributed by atoms with Gasteiger partial charge in [-0.1, -0.05) is 137 Å². The molecule has 0 N–H and O–H groups in total. The molecule has 0 aromatic heterocycles. The van der Waals surface area contributed by atoms with Crippen molar-refractivity contribution in [2.45, 2.75) is 0 Å². The summed E-state index contributed by atoms with van der Waals surface area (Å²) < 4.78 is 0. The molecule has 4 rings (SSSR count). The van der Waals surface area contributed by atoms with E-state index in [9.17, 15) is 0 Å². The number of benzene rings is 4. The van der Waals surface area contributed by atoms with E-state index in [1.165, 1.54) is 40.6 Å². The Morgan fingerprint density at radius 1 is 0.379 bits per heavy atom. The zero-order valence-corrected chi connectivity index (χ0v) is 18.4. The SMILES string of the molecule is B(CP(c1ccccc1)c1ccccc1)CP(c1ccccc1)c1ccccc1. The van der Waals surface area contributed by atoms with E-state index in [2.05, 4.69) is 121 Å². The maximum atomic E-state index is 2.30. The molecule has 4 aromatic carbocycles. The first-order valence-corrected chi connectivity index (χ1v) is 13.2. The first-order chi connectivity index (χ1) is 14.4. The quantitative estimate of drug-likeness (QED) is 0.294. The van der Waals surface area contributed by atoms with Crippen LogP contribution in [0.1, 0.15) is 0 Å². The zero-order chi connectivity index (χ0) is 19.7. The molecule has 0 aliphatic rings. The second-order valence-corrected chi connectivity index (χ2v) is 11.7. The van der Waals surface area contributed by atoms with E-state index >= 15 is 0 Å². The summed E-state index contributed by atoms with van der Waals surface area (Å²) in [4.78, 5) is 0. The molecule has 0 unspecified atom stereocenters. The molecule has 0 nitrogen and oxygen atoms in total. The van der Waals surface area contributed by atoms with Gasteiger partial charge in [-0.2, -0.15) is 0 Å². The van der Waals surface area contributed by atoms with E-state index in [1.807, 2.05) is 0 Å². The standard InChI is InChI=1S/C26H25BP2/c1-5-13-23(14-6-1)28(24-15-7-2-8-16-24)21-27-22-29(25-17-9-3-10-18-25)26-19-11-4-12-20-26/h1-20,27H,21-22H2. The molecule has 0 saturated carbocycles. The normalized spacial score (nSPS) is 11.0. The zero-order valence-electron chi connectivity index (χ0n) is 16.6. The third-order valence-corrected chi connectivity index (χ3v) is 10.2. The Morgan fingerprint density at radius 3 is 0.862 bits per heavy atom. The van der Waals surface area contributed by atoms with Gasteiger partial charge in [0.1, 0.15) is 7.28 Å². The van der Waals surface area contributed by atoms with E-state index in [0.717, 1.165) is 0 Å². The largest absolute Gasteiger partial charge is 0.131 e. The fourth-order valence-corrected chi connectivity index (χ4v) is 8.59. The number of rotatable bonds is 8. The van der Waals surface area contributed by atoms with Crippen molar-refractivity contribution < 1.29 is 0 Å². The Balaban J connectivity index is 1.53. The lowest BCUT2D eigenvalue weighted by atomic mass is 9.86. The van der Waals surface area contributed by atoms with Crippen molar-refractivity contribution >= 4 is 44.3 Å². The van der Waals surface area contributed by atoms with Gasteiger partial charge < -0.3 is 0 Å². The van der Waals surface area contributed by atoms with Gasteiger partial charge in [0.2, 0.25) is 0 Å². The van der Waals surface area contributed by atoms with Crippen molar-refractivity contribution in [2.75, 3.05) is 12.1 Å². The van der Waals surface area contributed by atoms with Crippen LogP contribution in [0.5, 0.6) is 0 Å². The van der Waals surface area contributed by atoms with E-state index in [0.29, 0.717) is 0 Å². The highest BCUT2D eigenvalue weighted by atomic mass is 31.1. The third-order valence-electron chi connectivity index (χ3n) is 5.03. The van der Waals surface area contributed by atoms with Gasteiger partial charge in [-0.15, -0.1) is 0 Å². The van der Waals surface area contributed by atoms with Gasteiger partial charge in [0.15, 0.2) is 0 Å². The molecule has 142 valence electrons. The first kappa shape index (κ1) is 20.1. The van der Waals surface area contributed by atoms with Crippen LogP contribution in [-0.2, 0) is 0 Å². The van der Waals surface area contributed by atoms with Gasteiger partial charge in [-0.05, 0) is 33.3 Å². The summed E-state index contributed by atoms with van der Waals surface area (Å²) in [6, 6.07) is 46.8. The van der Waals surface area contributed by atoms with Gasteiger partial charge in [0, 0.05) is 0 Å². The summed E-state index contributed by atoms with van der Waals surface area (Å²) in [5.74, 6) is 0. The van der Waals surface area contributed by atoms with E-state index in [4.69, 9.17) is 0 Å². The van der Waals surface area contributed by atoms with E-state index in [1.54, 1.807) is 0 Å². The number of hydrogen-bond acceptors (Lipinski definition) is 0. The van der Waals surface area contributed by atoms with Crippen molar-refractivity contribution in [3.63, 3.8) is 0 Å². The van der Waals surface area contributed by atoms with Crippen LogP contribution < -0.4 is 21.2 Å². The minimum Gasteiger partial charge on any atom is -0.0622 e. The van der Waals surface area contributed by atoms with Crippen LogP contribution in [0.25, 0.3) is 0 Å².